The van der Waals surface area contributed by atoms with Crippen LogP contribution in [-0.2, 0) is 6.42 Å². The highest BCUT2D eigenvalue weighted by atomic mass is 16.5. The standard InChI is InChI=1S/C20H21N5O3/c1-5-13-8-17(24-23-13)25-10-15-18(20(25)26)11(2)6-14(22-15)12-7-16(27-3)19(28-4)21-9-12/h6-10,26H,5H2,1-4H3,(H,23,24). The molecule has 0 saturated heterocycles. The topological polar surface area (TPSA) is 98.1 Å². The number of aromatic amines is 1. The molecule has 2 N–H and O–H groups in total. The highest BCUT2D eigenvalue weighted by molar-refractivity contribution is 5.90. The van der Waals surface area contributed by atoms with Gasteiger partial charge in [-0.25, -0.2) is 9.97 Å². The van der Waals surface area contributed by atoms with Gasteiger partial charge in [0.05, 0.1) is 30.8 Å². The fraction of sp³-hybridized carbons (Fsp3) is 0.250. The van der Waals surface area contributed by atoms with Gasteiger partial charge in [-0.2, -0.15) is 5.10 Å². The lowest BCUT2D eigenvalue weighted by Gasteiger charge is -2.09. The number of hydrogen-bond acceptors (Lipinski definition) is 6. The molecule has 0 aliphatic carbocycles. The summed E-state index contributed by atoms with van der Waals surface area (Å²) in [4.78, 5) is 9.00. The largest absolute Gasteiger partial charge is 0.494 e. The molecule has 0 atom stereocenters. The summed E-state index contributed by atoms with van der Waals surface area (Å²) in [6.45, 7) is 3.98. The lowest BCUT2D eigenvalue weighted by atomic mass is 10.1. The zero-order valence-corrected chi connectivity index (χ0v) is 16.1. The second-order valence-corrected chi connectivity index (χ2v) is 6.45. The first-order valence-electron chi connectivity index (χ1n) is 8.90. The maximum atomic E-state index is 10.7. The number of aromatic hydroxyl groups is 1. The van der Waals surface area contributed by atoms with Crippen molar-refractivity contribution in [1.29, 1.82) is 0 Å². The molecule has 0 bridgehead atoms. The highest BCUT2D eigenvalue weighted by Crippen LogP contribution is 2.35. The molecule has 4 rings (SSSR count). The van der Waals surface area contributed by atoms with Gasteiger partial charge in [-0.3, -0.25) is 9.67 Å². The Bertz CT molecular complexity index is 1160. The number of pyridine rings is 2. The Morgan fingerprint density at radius 1 is 1.18 bits per heavy atom. The van der Waals surface area contributed by atoms with Crippen LogP contribution in [0.4, 0.5) is 0 Å². The van der Waals surface area contributed by atoms with E-state index in [1.165, 1.54) is 0 Å². The van der Waals surface area contributed by atoms with E-state index in [9.17, 15) is 5.11 Å². The Labute approximate surface area is 161 Å². The first-order chi connectivity index (χ1) is 13.5. The SMILES string of the molecule is CCc1cc(-n2cc3nc(-c4cnc(OC)c(OC)c4)cc(C)c3c2O)n[nH]1. The molecule has 144 valence electrons. The van der Waals surface area contributed by atoms with Crippen molar-refractivity contribution in [1.82, 2.24) is 24.7 Å². The van der Waals surface area contributed by atoms with E-state index in [-0.39, 0.29) is 5.88 Å². The van der Waals surface area contributed by atoms with Gasteiger partial charge in [-0.05, 0) is 31.0 Å². The first-order valence-corrected chi connectivity index (χ1v) is 8.90. The van der Waals surface area contributed by atoms with E-state index in [1.807, 2.05) is 32.0 Å². The van der Waals surface area contributed by atoms with Crippen molar-refractivity contribution < 1.29 is 14.6 Å². The molecule has 0 amide bonds. The number of H-pyrrole nitrogens is 1. The quantitative estimate of drug-likeness (QED) is 0.551. The summed E-state index contributed by atoms with van der Waals surface area (Å²) in [6.07, 6.45) is 4.31. The third-order valence-electron chi connectivity index (χ3n) is 4.72. The number of aromatic nitrogens is 5. The molecular formula is C20H21N5O3. The van der Waals surface area contributed by atoms with Crippen LogP contribution in [0.3, 0.4) is 0 Å². The van der Waals surface area contributed by atoms with Crippen LogP contribution in [0.2, 0.25) is 0 Å². The molecule has 0 unspecified atom stereocenters. The summed E-state index contributed by atoms with van der Waals surface area (Å²) >= 11 is 0. The number of methoxy groups -OCH3 is 2. The van der Waals surface area contributed by atoms with Crippen LogP contribution in [0.25, 0.3) is 28.0 Å². The summed E-state index contributed by atoms with van der Waals surface area (Å²) in [5.41, 5.74) is 4.09. The van der Waals surface area contributed by atoms with Crippen LogP contribution in [0, 0.1) is 6.92 Å². The molecule has 8 nitrogen and oxygen atoms in total. The Balaban J connectivity index is 1.85. The lowest BCUT2D eigenvalue weighted by Crippen LogP contribution is -1.95. The average Bonchev–Trinajstić information content (AvgIpc) is 3.31. The van der Waals surface area contributed by atoms with Crippen LogP contribution in [0.15, 0.2) is 30.6 Å². The van der Waals surface area contributed by atoms with Crippen molar-refractivity contribution in [3.8, 4) is 34.6 Å². The number of rotatable bonds is 5. The van der Waals surface area contributed by atoms with E-state index in [1.54, 1.807) is 31.2 Å². The molecule has 4 aromatic rings. The van der Waals surface area contributed by atoms with Gasteiger partial charge in [0.2, 0.25) is 5.88 Å². The molecule has 0 spiro atoms. The lowest BCUT2D eigenvalue weighted by molar-refractivity contribution is 0.343. The Morgan fingerprint density at radius 3 is 2.68 bits per heavy atom. The highest BCUT2D eigenvalue weighted by Gasteiger charge is 2.17. The molecular weight excluding hydrogens is 358 g/mol. The van der Waals surface area contributed by atoms with Gasteiger partial charge in [0.1, 0.15) is 0 Å². The van der Waals surface area contributed by atoms with Crippen molar-refractivity contribution in [2.75, 3.05) is 14.2 Å². The molecule has 0 aliphatic heterocycles. The second kappa shape index (κ2) is 6.88. The van der Waals surface area contributed by atoms with Crippen LogP contribution >= 0.6 is 0 Å². The van der Waals surface area contributed by atoms with E-state index in [2.05, 4.69) is 15.2 Å². The monoisotopic (exact) mass is 379 g/mol. The summed E-state index contributed by atoms with van der Waals surface area (Å²) in [5, 5.41) is 18.7. The summed E-state index contributed by atoms with van der Waals surface area (Å²) in [7, 11) is 3.11. The van der Waals surface area contributed by atoms with Crippen molar-refractivity contribution in [3.05, 3.63) is 41.9 Å². The number of hydrogen-bond donors (Lipinski definition) is 2. The van der Waals surface area contributed by atoms with Crippen molar-refractivity contribution in [3.63, 3.8) is 0 Å². The molecule has 28 heavy (non-hydrogen) atoms. The fourth-order valence-electron chi connectivity index (χ4n) is 3.23. The summed E-state index contributed by atoms with van der Waals surface area (Å²) in [6, 6.07) is 5.65. The zero-order valence-electron chi connectivity index (χ0n) is 16.1. The smallest absolute Gasteiger partial charge is 0.256 e. The van der Waals surface area contributed by atoms with Crippen LogP contribution in [0.1, 0.15) is 18.2 Å². The maximum Gasteiger partial charge on any atom is 0.256 e. The van der Waals surface area contributed by atoms with Gasteiger partial charge >= 0.3 is 0 Å². The number of ether oxygens (including phenoxy) is 2. The second-order valence-electron chi connectivity index (χ2n) is 6.45. The Hall–Kier alpha value is -3.55. The molecule has 4 aromatic heterocycles. The van der Waals surface area contributed by atoms with Gasteiger partial charge < -0.3 is 14.6 Å². The minimum absolute atomic E-state index is 0.117. The first kappa shape index (κ1) is 17.8. The van der Waals surface area contributed by atoms with Gasteiger partial charge in [0, 0.05) is 29.7 Å². The minimum atomic E-state index is 0.117. The Kier molecular flexibility index (Phi) is 4.38. The minimum Gasteiger partial charge on any atom is -0.494 e. The van der Waals surface area contributed by atoms with Gasteiger partial charge in [-0.1, -0.05) is 6.92 Å². The van der Waals surface area contributed by atoms with Crippen molar-refractivity contribution in [2.45, 2.75) is 20.3 Å². The third kappa shape index (κ3) is 2.83. The van der Waals surface area contributed by atoms with Crippen LogP contribution in [0.5, 0.6) is 17.5 Å². The number of fused-ring (bicyclic) bond motifs is 1. The zero-order chi connectivity index (χ0) is 19.8. The fourth-order valence-corrected chi connectivity index (χ4v) is 3.23. The predicted octanol–water partition coefficient (Wildman–Crippen LogP) is 3.40. The molecule has 0 fully saturated rings. The number of nitrogens with one attached hydrogen (secondary N) is 1. The van der Waals surface area contributed by atoms with Crippen LogP contribution in [-0.4, -0.2) is 44.1 Å². The summed E-state index contributed by atoms with van der Waals surface area (Å²) < 4.78 is 12.2. The maximum absolute atomic E-state index is 10.7. The normalized spacial score (nSPS) is 11.1. The number of aryl methyl sites for hydroxylation is 2. The van der Waals surface area contributed by atoms with E-state index in [0.717, 1.165) is 28.9 Å². The molecule has 8 heteroatoms. The molecule has 4 heterocycles. The van der Waals surface area contributed by atoms with Crippen LogP contribution < -0.4 is 9.47 Å². The molecule has 0 aromatic carbocycles. The molecule has 0 radical (unpaired) electrons. The van der Waals surface area contributed by atoms with E-state index in [4.69, 9.17) is 14.5 Å². The van der Waals surface area contributed by atoms with Gasteiger partial charge in [-0.15, -0.1) is 0 Å². The summed E-state index contributed by atoms with van der Waals surface area (Å²) in [5.74, 6) is 1.69. The van der Waals surface area contributed by atoms with Crippen molar-refractivity contribution in [2.24, 2.45) is 0 Å². The van der Waals surface area contributed by atoms with Crippen molar-refractivity contribution >= 4 is 10.9 Å². The molecule has 0 saturated carbocycles. The number of nitrogens with zero attached hydrogens (tertiary/aromatic N) is 4. The van der Waals surface area contributed by atoms with E-state index < -0.39 is 0 Å². The third-order valence-corrected chi connectivity index (χ3v) is 4.72. The predicted molar refractivity (Wildman–Crippen MR) is 105 cm³/mol. The van der Waals surface area contributed by atoms with E-state index in [0.29, 0.717) is 28.4 Å². The van der Waals surface area contributed by atoms with E-state index >= 15 is 0 Å². The van der Waals surface area contributed by atoms with Gasteiger partial charge in [0.25, 0.3) is 5.88 Å². The average molecular weight is 379 g/mol. The molecule has 0 aliphatic rings. The Morgan fingerprint density at radius 2 is 2.00 bits per heavy atom. The van der Waals surface area contributed by atoms with Gasteiger partial charge in [0.15, 0.2) is 11.6 Å².